The van der Waals surface area contributed by atoms with Gasteiger partial charge in [0.05, 0.1) is 0 Å². The molecule has 0 bridgehead atoms. The summed E-state index contributed by atoms with van der Waals surface area (Å²) in [7, 11) is 0. The Morgan fingerprint density at radius 2 is 1.65 bits per heavy atom. The van der Waals surface area contributed by atoms with Crippen LogP contribution in [-0.2, 0) is 4.79 Å². The van der Waals surface area contributed by atoms with Crippen molar-refractivity contribution >= 4 is 5.91 Å². The van der Waals surface area contributed by atoms with E-state index in [2.05, 4.69) is 59.0 Å². The molecule has 1 amide bonds. The molecule has 1 atom stereocenters. The van der Waals surface area contributed by atoms with Crippen molar-refractivity contribution in [3.8, 4) is 0 Å². The average molecular weight is 275 g/mol. The third-order valence-electron chi connectivity index (χ3n) is 3.31. The molecule has 1 rings (SSSR count). The largest absolute Gasteiger partial charge is 0.351 e. The van der Waals surface area contributed by atoms with Gasteiger partial charge in [0.25, 0.3) is 0 Å². The Labute approximate surface area is 124 Å². The minimum Gasteiger partial charge on any atom is -0.351 e. The highest BCUT2D eigenvalue weighted by molar-refractivity contribution is 5.77. The molecule has 2 heteroatoms. The number of amides is 1. The molecule has 0 saturated heterocycles. The number of benzene rings is 1. The molecular weight excluding hydrogens is 246 g/mol. The summed E-state index contributed by atoms with van der Waals surface area (Å²) in [6, 6.07) is 10.2. The SMILES string of the molecule is CC(CC(=O)NC(C)(C)CC(C)(C)C)c1ccccc1. The molecule has 0 aromatic heterocycles. The van der Waals surface area contributed by atoms with Crippen molar-refractivity contribution in [2.45, 2.75) is 65.8 Å². The lowest BCUT2D eigenvalue weighted by molar-refractivity contribution is -0.123. The molecule has 0 aliphatic carbocycles. The fourth-order valence-corrected chi connectivity index (χ4v) is 2.98. The fourth-order valence-electron chi connectivity index (χ4n) is 2.98. The van der Waals surface area contributed by atoms with E-state index >= 15 is 0 Å². The van der Waals surface area contributed by atoms with Crippen LogP contribution in [0, 0.1) is 5.41 Å². The summed E-state index contributed by atoms with van der Waals surface area (Å²) < 4.78 is 0. The van der Waals surface area contributed by atoms with Gasteiger partial charge in [-0.05, 0) is 37.2 Å². The van der Waals surface area contributed by atoms with Gasteiger partial charge < -0.3 is 5.32 Å². The van der Waals surface area contributed by atoms with Gasteiger partial charge in [-0.3, -0.25) is 4.79 Å². The van der Waals surface area contributed by atoms with Crippen LogP contribution in [0.25, 0.3) is 0 Å². The van der Waals surface area contributed by atoms with Crippen molar-refractivity contribution in [1.82, 2.24) is 5.32 Å². The van der Waals surface area contributed by atoms with E-state index in [1.54, 1.807) is 0 Å². The van der Waals surface area contributed by atoms with Gasteiger partial charge in [0, 0.05) is 12.0 Å². The van der Waals surface area contributed by atoms with E-state index in [0.29, 0.717) is 6.42 Å². The number of carbonyl (C=O) groups excluding carboxylic acids is 1. The van der Waals surface area contributed by atoms with Crippen LogP contribution < -0.4 is 5.32 Å². The minimum atomic E-state index is -0.161. The number of carbonyl (C=O) groups is 1. The fraction of sp³-hybridized carbons (Fsp3) is 0.611. The Kier molecular flexibility index (Phi) is 5.38. The van der Waals surface area contributed by atoms with E-state index in [1.807, 2.05) is 18.2 Å². The lowest BCUT2D eigenvalue weighted by atomic mass is 9.81. The quantitative estimate of drug-likeness (QED) is 0.841. The molecular formula is C18H29NO. The van der Waals surface area contributed by atoms with Gasteiger partial charge in [0.15, 0.2) is 0 Å². The Morgan fingerprint density at radius 1 is 1.10 bits per heavy atom. The predicted octanol–water partition coefficient (Wildman–Crippen LogP) is 4.51. The van der Waals surface area contributed by atoms with Crippen LogP contribution in [0.3, 0.4) is 0 Å². The van der Waals surface area contributed by atoms with E-state index < -0.39 is 0 Å². The smallest absolute Gasteiger partial charge is 0.221 e. The first kappa shape index (κ1) is 16.7. The highest BCUT2D eigenvalue weighted by atomic mass is 16.1. The predicted molar refractivity (Wildman–Crippen MR) is 85.8 cm³/mol. The molecule has 112 valence electrons. The monoisotopic (exact) mass is 275 g/mol. The van der Waals surface area contributed by atoms with E-state index in [4.69, 9.17) is 0 Å². The molecule has 0 aliphatic heterocycles. The highest BCUT2D eigenvalue weighted by Gasteiger charge is 2.27. The highest BCUT2D eigenvalue weighted by Crippen LogP contribution is 2.27. The number of hydrogen-bond acceptors (Lipinski definition) is 1. The van der Waals surface area contributed by atoms with Crippen LogP contribution in [0.4, 0.5) is 0 Å². The topological polar surface area (TPSA) is 29.1 Å². The second kappa shape index (κ2) is 6.43. The summed E-state index contributed by atoms with van der Waals surface area (Å²) >= 11 is 0. The van der Waals surface area contributed by atoms with Crippen LogP contribution in [0.1, 0.15) is 65.9 Å². The number of nitrogens with one attached hydrogen (secondary N) is 1. The van der Waals surface area contributed by atoms with E-state index in [1.165, 1.54) is 5.56 Å². The van der Waals surface area contributed by atoms with Crippen molar-refractivity contribution in [3.05, 3.63) is 35.9 Å². The molecule has 2 nitrogen and oxygen atoms in total. The maximum Gasteiger partial charge on any atom is 0.221 e. The zero-order valence-corrected chi connectivity index (χ0v) is 13.8. The van der Waals surface area contributed by atoms with Crippen molar-refractivity contribution in [3.63, 3.8) is 0 Å². The molecule has 1 aromatic carbocycles. The molecule has 0 saturated carbocycles. The third kappa shape index (κ3) is 6.23. The molecule has 0 aliphatic rings. The van der Waals surface area contributed by atoms with Gasteiger partial charge in [-0.25, -0.2) is 0 Å². The van der Waals surface area contributed by atoms with E-state index in [0.717, 1.165) is 6.42 Å². The molecule has 1 N–H and O–H groups in total. The van der Waals surface area contributed by atoms with Crippen LogP contribution in [0.2, 0.25) is 0 Å². The Hall–Kier alpha value is -1.31. The zero-order chi connectivity index (χ0) is 15.4. The van der Waals surface area contributed by atoms with Crippen molar-refractivity contribution < 1.29 is 4.79 Å². The molecule has 1 aromatic rings. The second-order valence-corrected chi connectivity index (χ2v) is 7.69. The van der Waals surface area contributed by atoms with Crippen LogP contribution in [0.15, 0.2) is 30.3 Å². The van der Waals surface area contributed by atoms with Crippen LogP contribution >= 0.6 is 0 Å². The standard InChI is InChI=1S/C18H29NO/c1-14(15-10-8-7-9-11-15)12-16(20)19-18(5,6)13-17(2,3)4/h7-11,14H,12-13H2,1-6H3,(H,19,20). The number of hydrogen-bond donors (Lipinski definition) is 1. The summed E-state index contributed by atoms with van der Waals surface area (Å²) in [6.07, 6.45) is 1.50. The van der Waals surface area contributed by atoms with Gasteiger partial charge >= 0.3 is 0 Å². The maximum atomic E-state index is 12.2. The first-order chi connectivity index (χ1) is 9.09. The minimum absolute atomic E-state index is 0.135. The summed E-state index contributed by atoms with van der Waals surface area (Å²) in [4.78, 5) is 12.2. The molecule has 0 radical (unpaired) electrons. The first-order valence-corrected chi connectivity index (χ1v) is 7.45. The molecule has 0 fully saturated rings. The third-order valence-corrected chi connectivity index (χ3v) is 3.31. The van der Waals surface area contributed by atoms with Crippen LogP contribution in [-0.4, -0.2) is 11.4 Å². The van der Waals surface area contributed by atoms with Crippen LogP contribution in [0.5, 0.6) is 0 Å². The Morgan fingerprint density at radius 3 is 2.15 bits per heavy atom. The van der Waals surface area contributed by atoms with Gasteiger partial charge in [0.1, 0.15) is 0 Å². The summed E-state index contributed by atoms with van der Waals surface area (Å²) in [5.41, 5.74) is 1.27. The molecule has 0 spiro atoms. The second-order valence-electron chi connectivity index (χ2n) is 7.69. The molecule has 1 unspecified atom stereocenters. The van der Waals surface area contributed by atoms with Crippen molar-refractivity contribution in [2.75, 3.05) is 0 Å². The van der Waals surface area contributed by atoms with Gasteiger partial charge in [-0.15, -0.1) is 0 Å². The van der Waals surface area contributed by atoms with E-state index in [9.17, 15) is 4.79 Å². The van der Waals surface area contributed by atoms with Crippen molar-refractivity contribution in [1.29, 1.82) is 0 Å². The van der Waals surface area contributed by atoms with E-state index in [-0.39, 0.29) is 22.8 Å². The van der Waals surface area contributed by atoms with Gasteiger partial charge in [-0.1, -0.05) is 58.0 Å². The maximum absolute atomic E-state index is 12.2. The Bertz CT molecular complexity index is 428. The first-order valence-electron chi connectivity index (χ1n) is 7.45. The molecule has 20 heavy (non-hydrogen) atoms. The van der Waals surface area contributed by atoms with Crippen molar-refractivity contribution in [2.24, 2.45) is 5.41 Å². The number of rotatable bonds is 5. The lowest BCUT2D eigenvalue weighted by Crippen LogP contribution is -2.46. The normalized spacial score (nSPS) is 13.9. The average Bonchev–Trinajstić information content (AvgIpc) is 2.25. The van der Waals surface area contributed by atoms with Gasteiger partial charge in [-0.2, -0.15) is 0 Å². The van der Waals surface area contributed by atoms with Gasteiger partial charge in [0.2, 0.25) is 5.91 Å². The Balaban J connectivity index is 2.55. The summed E-state index contributed by atoms with van der Waals surface area (Å²) in [5.74, 6) is 0.386. The molecule has 0 heterocycles. The summed E-state index contributed by atoms with van der Waals surface area (Å²) in [6.45, 7) is 12.9. The zero-order valence-electron chi connectivity index (χ0n) is 13.8. The lowest BCUT2D eigenvalue weighted by Gasteiger charge is -2.33. The summed E-state index contributed by atoms with van der Waals surface area (Å²) in [5, 5.41) is 3.17.